The predicted octanol–water partition coefficient (Wildman–Crippen LogP) is 3.65. The molecule has 1 N–H and O–H groups in total. The molecule has 1 aromatic carbocycles. The first-order chi connectivity index (χ1) is 9.58. The van der Waals surface area contributed by atoms with Crippen molar-refractivity contribution < 1.29 is 9.63 Å². The number of benzene rings is 1. The lowest BCUT2D eigenvalue weighted by Crippen LogP contribution is -2.36. The summed E-state index contributed by atoms with van der Waals surface area (Å²) in [6, 6.07) is 5.38. The molecule has 6 heteroatoms. The van der Waals surface area contributed by atoms with E-state index in [-0.39, 0.29) is 18.6 Å². The Kier molecular flexibility index (Phi) is 7.41. The predicted molar refractivity (Wildman–Crippen MR) is 82.5 cm³/mol. The Bertz CT molecular complexity index is 474. The summed E-state index contributed by atoms with van der Waals surface area (Å²) >= 11 is 11.9. The van der Waals surface area contributed by atoms with Crippen molar-refractivity contribution in [2.24, 2.45) is 5.16 Å². The Morgan fingerprint density at radius 2 is 2.10 bits per heavy atom. The Morgan fingerprint density at radius 1 is 1.40 bits per heavy atom. The number of halogens is 2. The third-order valence-electron chi connectivity index (χ3n) is 2.79. The lowest BCUT2D eigenvalue weighted by atomic mass is 10.2. The molecule has 0 saturated carbocycles. The molecule has 1 rings (SSSR count). The molecule has 0 radical (unpaired) electrons. The smallest absolute Gasteiger partial charge is 0.260 e. The number of nitrogens with one attached hydrogen (secondary N) is 1. The third kappa shape index (κ3) is 5.39. The van der Waals surface area contributed by atoms with E-state index >= 15 is 0 Å². The molecule has 1 amide bonds. The summed E-state index contributed by atoms with van der Waals surface area (Å²) in [6.45, 7) is 3.92. The van der Waals surface area contributed by atoms with Crippen LogP contribution in [-0.4, -0.2) is 24.8 Å². The van der Waals surface area contributed by atoms with Crippen LogP contribution in [0.25, 0.3) is 0 Å². The van der Waals surface area contributed by atoms with Gasteiger partial charge in [0, 0.05) is 11.6 Å². The molecule has 0 unspecified atom stereocenters. The second-order valence-corrected chi connectivity index (χ2v) is 5.02. The molecule has 0 aliphatic heterocycles. The fourth-order valence-corrected chi connectivity index (χ4v) is 1.93. The van der Waals surface area contributed by atoms with Crippen LogP contribution in [0.5, 0.6) is 0 Å². The van der Waals surface area contributed by atoms with Gasteiger partial charge in [0.25, 0.3) is 5.91 Å². The second kappa shape index (κ2) is 8.82. The molecule has 1 aromatic rings. The maximum atomic E-state index is 11.5. The van der Waals surface area contributed by atoms with E-state index in [2.05, 4.69) is 10.5 Å². The van der Waals surface area contributed by atoms with Crippen molar-refractivity contribution in [1.82, 2.24) is 5.32 Å². The van der Waals surface area contributed by atoms with Crippen LogP contribution >= 0.6 is 23.2 Å². The van der Waals surface area contributed by atoms with Gasteiger partial charge in [-0.1, -0.05) is 54.3 Å². The third-order valence-corrected chi connectivity index (χ3v) is 3.63. The standard InChI is InChI=1S/C14H18Cl2N2O2/c1-3-11(4-2)18-13(19)9-20-17-8-10-6-5-7-12(15)14(10)16/h5-8,11H,3-4,9H2,1-2H3,(H,18,19)/b17-8-. The normalized spacial score (nSPS) is 11.1. The first-order valence-electron chi connectivity index (χ1n) is 6.47. The van der Waals surface area contributed by atoms with Crippen molar-refractivity contribution in [2.45, 2.75) is 32.7 Å². The van der Waals surface area contributed by atoms with Gasteiger partial charge in [-0.25, -0.2) is 0 Å². The number of rotatable bonds is 7. The van der Waals surface area contributed by atoms with Crippen LogP contribution in [0.1, 0.15) is 32.3 Å². The van der Waals surface area contributed by atoms with Gasteiger partial charge in [0.1, 0.15) is 0 Å². The molecule has 4 nitrogen and oxygen atoms in total. The van der Waals surface area contributed by atoms with Crippen LogP contribution in [0.3, 0.4) is 0 Å². The largest absolute Gasteiger partial charge is 0.386 e. The number of amides is 1. The number of oxime groups is 1. The SMILES string of the molecule is CCC(CC)NC(=O)CO/N=C\c1cccc(Cl)c1Cl. The molecule has 0 heterocycles. The Hall–Kier alpha value is -1.26. The van der Waals surface area contributed by atoms with E-state index in [1.54, 1.807) is 18.2 Å². The topological polar surface area (TPSA) is 50.7 Å². The van der Waals surface area contributed by atoms with E-state index < -0.39 is 0 Å². The average Bonchev–Trinajstić information content (AvgIpc) is 2.45. The number of nitrogens with zero attached hydrogens (tertiary/aromatic N) is 1. The fraction of sp³-hybridized carbons (Fsp3) is 0.429. The number of carbonyl (C=O) groups excluding carboxylic acids is 1. The van der Waals surface area contributed by atoms with Gasteiger partial charge in [-0.2, -0.15) is 0 Å². The van der Waals surface area contributed by atoms with Crippen molar-refractivity contribution in [3.63, 3.8) is 0 Å². The van der Waals surface area contributed by atoms with Gasteiger partial charge < -0.3 is 10.2 Å². The van der Waals surface area contributed by atoms with Crippen LogP contribution in [0.15, 0.2) is 23.4 Å². The Balaban J connectivity index is 2.42. The minimum atomic E-state index is -0.187. The highest BCUT2D eigenvalue weighted by Gasteiger charge is 2.08. The van der Waals surface area contributed by atoms with Crippen LogP contribution < -0.4 is 5.32 Å². The van der Waals surface area contributed by atoms with E-state index in [0.29, 0.717) is 15.6 Å². The maximum Gasteiger partial charge on any atom is 0.260 e. The van der Waals surface area contributed by atoms with Crippen LogP contribution in [0.4, 0.5) is 0 Å². The zero-order valence-corrected chi connectivity index (χ0v) is 13.0. The van der Waals surface area contributed by atoms with E-state index in [1.807, 2.05) is 13.8 Å². The number of hydrogen-bond acceptors (Lipinski definition) is 3. The first-order valence-corrected chi connectivity index (χ1v) is 7.22. The molecule has 0 saturated heterocycles. The van der Waals surface area contributed by atoms with Crippen molar-refractivity contribution in [2.75, 3.05) is 6.61 Å². The summed E-state index contributed by atoms with van der Waals surface area (Å²) in [6.07, 6.45) is 3.21. The van der Waals surface area contributed by atoms with Crippen molar-refractivity contribution in [3.05, 3.63) is 33.8 Å². The monoisotopic (exact) mass is 316 g/mol. The van der Waals surface area contributed by atoms with Gasteiger partial charge in [-0.05, 0) is 18.9 Å². The number of carbonyl (C=O) groups is 1. The van der Waals surface area contributed by atoms with Gasteiger partial charge in [0.05, 0.1) is 16.3 Å². The van der Waals surface area contributed by atoms with Crippen molar-refractivity contribution >= 4 is 35.3 Å². The van der Waals surface area contributed by atoms with Gasteiger partial charge in [0.2, 0.25) is 0 Å². The molecule has 0 spiro atoms. The lowest BCUT2D eigenvalue weighted by molar-refractivity contribution is -0.126. The van der Waals surface area contributed by atoms with E-state index in [9.17, 15) is 4.79 Å². The summed E-state index contributed by atoms with van der Waals surface area (Å²) in [5.74, 6) is -0.187. The van der Waals surface area contributed by atoms with Crippen LogP contribution in [0.2, 0.25) is 10.0 Å². The number of hydrogen-bond donors (Lipinski definition) is 1. The summed E-state index contributed by atoms with van der Waals surface area (Å²) in [5.41, 5.74) is 0.638. The highest BCUT2D eigenvalue weighted by atomic mass is 35.5. The average molecular weight is 317 g/mol. The quantitative estimate of drug-likeness (QED) is 0.616. The summed E-state index contributed by atoms with van der Waals surface area (Å²) in [7, 11) is 0. The molecule has 0 aliphatic carbocycles. The molecular weight excluding hydrogens is 299 g/mol. The lowest BCUT2D eigenvalue weighted by Gasteiger charge is -2.13. The van der Waals surface area contributed by atoms with Gasteiger partial charge in [0.15, 0.2) is 6.61 Å². The fourth-order valence-electron chi connectivity index (χ4n) is 1.57. The van der Waals surface area contributed by atoms with E-state index in [4.69, 9.17) is 28.0 Å². The highest BCUT2D eigenvalue weighted by molar-refractivity contribution is 6.43. The molecule has 0 bridgehead atoms. The van der Waals surface area contributed by atoms with Crippen molar-refractivity contribution in [1.29, 1.82) is 0 Å². The maximum absolute atomic E-state index is 11.5. The van der Waals surface area contributed by atoms with E-state index in [0.717, 1.165) is 12.8 Å². The minimum Gasteiger partial charge on any atom is -0.386 e. The highest BCUT2D eigenvalue weighted by Crippen LogP contribution is 2.24. The van der Waals surface area contributed by atoms with Gasteiger partial charge >= 0.3 is 0 Å². The van der Waals surface area contributed by atoms with E-state index in [1.165, 1.54) is 6.21 Å². The molecule has 20 heavy (non-hydrogen) atoms. The molecule has 0 atom stereocenters. The Labute approximate surface area is 129 Å². The summed E-state index contributed by atoms with van der Waals surface area (Å²) in [5, 5.41) is 7.42. The summed E-state index contributed by atoms with van der Waals surface area (Å²) < 4.78 is 0. The van der Waals surface area contributed by atoms with Crippen molar-refractivity contribution in [3.8, 4) is 0 Å². The second-order valence-electron chi connectivity index (χ2n) is 4.23. The Morgan fingerprint density at radius 3 is 2.75 bits per heavy atom. The molecule has 0 fully saturated rings. The van der Waals surface area contributed by atoms with Gasteiger partial charge in [-0.3, -0.25) is 4.79 Å². The molecule has 0 aliphatic rings. The zero-order valence-electron chi connectivity index (χ0n) is 11.5. The minimum absolute atomic E-state index is 0.120. The van der Waals surface area contributed by atoms with Crippen LogP contribution in [-0.2, 0) is 9.63 Å². The summed E-state index contributed by atoms with van der Waals surface area (Å²) in [4.78, 5) is 16.5. The first kappa shape index (κ1) is 16.8. The van der Waals surface area contributed by atoms with Crippen LogP contribution in [0, 0.1) is 0 Å². The molecule has 110 valence electrons. The molecular formula is C14H18Cl2N2O2. The zero-order chi connectivity index (χ0) is 15.0. The molecule has 0 aromatic heterocycles. The van der Waals surface area contributed by atoms with Gasteiger partial charge in [-0.15, -0.1) is 0 Å².